The first kappa shape index (κ1) is 16.1. The molecule has 5 heteroatoms. The summed E-state index contributed by atoms with van der Waals surface area (Å²) in [4.78, 5) is 18.2. The molecule has 1 aliphatic heterocycles. The van der Waals surface area contributed by atoms with Gasteiger partial charge in [0.05, 0.1) is 5.52 Å². The highest BCUT2D eigenvalue weighted by molar-refractivity contribution is 6.07. The summed E-state index contributed by atoms with van der Waals surface area (Å²) in [6.07, 6.45) is 4.04. The molecule has 5 nitrogen and oxygen atoms in total. The molecule has 0 radical (unpaired) electrons. The standard InChI is InChI=1S/C21H18N2O3/c1-23-18-10-6-5-9-16(18)20(24)19(21(23)25)17-13-15(26-22-17)12-11-14-7-3-2-4-8-14/h2-12,15,24H,13H2,1H3/t15-/m1/s1. The Hall–Kier alpha value is -3.34. The molecule has 3 aromatic rings. The predicted molar refractivity (Wildman–Crippen MR) is 102 cm³/mol. The van der Waals surface area contributed by atoms with Gasteiger partial charge in [-0.2, -0.15) is 0 Å². The highest BCUT2D eigenvalue weighted by Crippen LogP contribution is 2.29. The Morgan fingerprint density at radius 3 is 2.69 bits per heavy atom. The minimum atomic E-state index is -0.281. The molecule has 2 aromatic carbocycles. The monoisotopic (exact) mass is 346 g/mol. The van der Waals surface area contributed by atoms with Gasteiger partial charge in [-0.15, -0.1) is 0 Å². The lowest BCUT2D eigenvalue weighted by atomic mass is 10.0. The first-order valence-corrected chi connectivity index (χ1v) is 8.42. The van der Waals surface area contributed by atoms with E-state index in [-0.39, 0.29) is 23.0 Å². The molecule has 0 saturated heterocycles. The molecule has 1 atom stereocenters. The van der Waals surface area contributed by atoms with E-state index in [0.29, 0.717) is 23.0 Å². The van der Waals surface area contributed by atoms with Crippen molar-refractivity contribution in [3.63, 3.8) is 0 Å². The van der Waals surface area contributed by atoms with Gasteiger partial charge in [0.15, 0.2) is 6.10 Å². The normalized spacial score (nSPS) is 16.8. The Balaban J connectivity index is 1.65. The zero-order valence-electron chi connectivity index (χ0n) is 14.3. The lowest BCUT2D eigenvalue weighted by molar-refractivity contribution is 0.120. The van der Waals surface area contributed by atoms with Crippen molar-refractivity contribution in [2.45, 2.75) is 12.5 Å². The number of hydrogen-bond donors (Lipinski definition) is 1. The van der Waals surface area contributed by atoms with Crippen molar-refractivity contribution in [3.8, 4) is 5.75 Å². The first-order chi connectivity index (χ1) is 12.6. The zero-order chi connectivity index (χ0) is 18.1. The number of fused-ring (bicyclic) bond motifs is 1. The number of benzene rings is 2. The molecule has 1 aliphatic rings. The van der Waals surface area contributed by atoms with Crippen molar-refractivity contribution in [1.29, 1.82) is 0 Å². The molecule has 1 aromatic heterocycles. The second kappa shape index (κ2) is 6.52. The van der Waals surface area contributed by atoms with E-state index in [4.69, 9.17) is 4.84 Å². The fraction of sp³-hybridized carbons (Fsp3) is 0.143. The molecule has 130 valence electrons. The van der Waals surface area contributed by atoms with E-state index >= 15 is 0 Å². The summed E-state index contributed by atoms with van der Waals surface area (Å²) >= 11 is 0. The summed E-state index contributed by atoms with van der Waals surface area (Å²) in [5, 5.41) is 15.3. The average Bonchev–Trinajstić information content (AvgIpc) is 3.14. The van der Waals surface area contributed by atoms with Crippen molar-refractivity contribution < 1.29 is 9.94 Å². The number of rotatable bonds is 3. The third kappa shape index (κ3) is 2.77. The van der Waals surface area contributed by atoms with Crippen LogP contribution in [-0.2, 0) is 11.9 Å². The quantitative estimate of drug-likeness (QED) is 0.790. The van der Waals surface area contributed by atoms with Gasteiger partial charge in [-0.25, -0.2) is 0 Å². The van der Waals surface area contributed by atoms with Crippen LogP contribution in [0, 0.1) is 0 Å². The first-order valence-electron chi connectivity index (χ1n) is 8.42. The maximum absolute atomic E-state index is 12.7. The van der Waals surface area contributed by atoms with Gasteiger partial charge >= 0.3 is 0 Å². The van der Waals surface area contributed by atoms with Gasteiger partial charge in [-0.05, 0) is 23.8 Å². The van der Waals surface area contributed by atoms with Crippen molar-refractivity contribution in [2.24, 2.45) is 12.2 Å². The van der Waals surface area contributed by atoms with Crippen LogP contribution in [0.2, 0.25) is 0 Å². The van der Waals surface area contributed by atoms with Crippen LogP contribution in [0.25, 0.3) is 17.0 Å². The molecule has 4 rings (SSSR count). The summed E-state index contributed by atoms with van der Waals surface area (Å²) in [6, 6.07) is 17.1. The Morgan fingerprint density at radius 2 is 1.88 bits per heavy atom. The predicted octanol–water partition coefficient (Wildman–Crippen LogP) is 3.45. The molecule has 0 amide bonds. The summed E-state index contributed by atoms with van der Waals surface area (Å²) in [5.74, 6) is -0.0428. The van der Waals surface area contributed by atoms with Gasteiger partial charge in [0.25, 0.3) is 5.56 Å². The summed E-state index contributed by atoms with van der Waals surface area (Å²) in [6.45, 7) is 0. The van der Waals surface area contributed by atoms with E-state index in [1.807, 2.05) is 54.6 Å². The number of oxime groups is 1. The number of aromatic nitrogens is 1. The Bertz CT molecular complexity index is 1080. The van der Waals surface area contributed by atoms with Crippen LogP contribution in [0.1, 0.15) is 17.5 Å². The van der Waals surface area contributed by atoms with Crippen LogP contribution < -0.4 is 5.56 Å². The van der Waals surface area contributed by atoms with E-state index in [9.17, 15) is 9.90 Å². The van der Waals surface area contributed by atoms with Crippen LogP contribution in [0.5, 0.6) is 5.75 Å². The van der Waals surface area contributed by atoms with Crippen molar-refractivity contribution in [1.82, 2.24) is 4.57 Å². The van der Waals surface area contributed by atoms with Gasteiger partial charge in [-0.1, -0.05) is 53.7 Å². The van der Waals surface area contributed by atoms with E-state index in [0.717, 1.165) is 5.56 Å². The van der Waals surface area contributed by atoms with Crippen LogP contribution >= 0.6 is 0 Å². The maximum atomic E-state index is 12.7. The highest BCUT2D eigenvalue weighted by Gasteiger charge is 2.26. The number of para-hydroxylation sites is 1. The number of nitrogens with zero attached hydrogens (tertiary/aromatic N) is 2. The summed E-state index contributed by atoms with van der Waals surface area (Å²) in [5.41, 5.74) is 2.14. The molecular weight excluding hydrogens is 328 g/mol. The molecule has 0 saturated carbocycles. The third-order valence-electron chi connectivity index (χ3n) is 4.56. The zero-order valence-corrected chi connectivity index (χ0v) is 14.3. The van der Waals surface area contributed by atoms with Crippen LogP contribution in [0.4, 0.5) is 0 Å². The largest absolute Gasteiger partial charge is 0.506 e. The number of pyridine rings is 1. The van der Waals surface area contributed by atoms with Gasteiger partial charge in [0.2, 0.25) is 0 Å². The van der Waals surface area contributed by atoms with E-state index in [1.54, 1.807) is 19.2 Å². The molecule has 0 spiro atoms. The Kier molecular flexibility index (Phi) is 4.05. The minimum absolute atomic E-state index is 0.0428. The number of hydrogen-bond acceptors (Lipinski definition) is 4. The number of aryl methyl sites for hydroxylation is 1. The minimum Gasteiger partial charge on any atom is -0.506 e. The van der Waals surface area contributed by atoms with Gasteiger partial charge < -0.3 is 14.5 Å². The maximum Gasteiger partial charge on any atom is 0.263 e. The molecule has 1 N–H and O–H groups in total. The van der Waals surface area contributed by atoms with Crippen molar-refractivity contribution >= 4 is 22.7 Å². The molecule has 0 fully saturated rings. The number of aromatic hydroxyl groups is 1. The van der Waals surface area contributed by atoms with Gasteiger partial charge in [-0.3, -0.25) is 4.79 Å². The summed E-state index contributed by atoms with van der Waals surface area (Å²) < 4.78 is 1.53. The molecular formula is C21H18N2O3. The fourth-order valence-corrected chi connectivity index (χ4v) is 3.17. The lowest BCUT2D eigenvalue weighted by Crippen LogP contribution is -2.25. The molecule has 0 bridgehead atoms. The topological polar surface area (TPSA) is 63.8 Å². The van der Waals surface area contributed by atoms with Gasteiger partial charge in [0.1, 0.15) is 17.0 Å². The second-order valence-electron chi connectivity index (χ2n) is 6.26. The van der Waals surface area contributed by atoms with E-state index < -0.39 is 0 Å². The van der Waals surface area contributed by atoms with Crippen LogP contribution in [-0.4, -0.2) is 21.5 Å². The van der Waals surface area contributed by atoms with Crippen LogP contribution in [0.15, 0.2) is 70.6 Å². The summed E-state index contributed by atoms with van der Waals surface area (Å²) in [7, 11) is 1.69. The smallest absolute Gasteiger partial charge is 0.263 e. The fourth-order valence-electron chi connectivity index (χ4n) is 3.17. The van der Waals surface area contributed by atoms with Crippen LogP contribution in [0.3, 0.4) is 0 Å². The van der Waals surface area contributed by atoms with Crippen molar-refractivity contribution in [2.75, 3.05) is 0 Å². The highest BCUT2D eigenvalue weighted by atomic mass is 16.6. The SMILES string of the molecule is Cn1c(=O)c(C2=NO[C@H](C=Cc3ccccc3)C2)c(O)c2ccccc21. The average molecular weight is 346 g/mol. The molecule has 26 heavy (non-hydrogen) atoms. The second-order valence-corrected chi connectivity index (χ2v) is 6.26. The third-order valence-corrected chi connectivity index (χ3v) is 4.56. The lowest BCUT2D eigenvalue weighted by Gasteiger charge is -2.11. The Morgan fingerprint density at radius 1 is 1.15 bits per heavy atom. The Labute approximate surface area is 150 Å². The van der Waals surface area contributed by atoms with Crippen molar-refractivity contribution in [3.05, 3.63) is 82.2 Å². The molecule has 0 aliphatic carbocycles. The van der Waals surface area contributed by atoms with E-state index in [1.165, 1.54) is 4.57 Å². The van der Waals surface area contributed by atoms with E-state index in [2.05, 4.69) is 5.16 Å². The molecule has 0 unspecified atom stereocenters. The molecule has 2 heterocycles. The van der Waals surface area contributed by atoms with Gasteiger partial charge in [0, 0.05) is 18.9 Å².